The molecule has 1 aromatic carbocycles. The predicted octanol–water partition coefficient (Wildman–Crippen LogP) is 1.50. The first-order valence-electron chi connectivity index (χ1n) is 4.85. The monoisotopic (exact) mass is 233 g/mol. The van der Waals surface area contributed by atoms with Gasteiger partial charge in [0.2, 0.25) is 0 Å². The van der Waals surface area contributed by atoms with Crippen molar-refractivity contribution in [3.8, 4) is 6.07 Å². The first-order chi connectivity index (χ1) is 7.99. The molecule has 0 spiro atoms. The smallest absolute Gasteiger partial charge is 0.285 e. The van der Waals surface area contributed by atoms with Crippen molar-refractivity contribution >= 4 is 11.6 Å². The number of rotatable bonds is 3. The Hall–Kier alpha value is -2.42. The van der Waals surface area contributed by atoms with Crippen molar-refractivity contribution in [3.05, 3.63) is 39.4 Å². The molecular formula is C11H11N3O3. The van der Waals surface area contributed by atoms with Gasteiger partial charge in [0.1, 0.15) is 12.1 Å². The van der Waals surface area contributed by atoms with Crippen LogP contribution in [0, 0.1) is 28.4 Å². The van der Waals surface area contributed by atoms with Crippen molar-refractivity contribution in [2.75, 3.05) is 13.6 Å². The molecule has 0 aliphatic rings. The number of para-hydroxylation sites is 1. The minimum Gasteiger partial charge on any atom is -0.328 e. The Bertz CT molecular complexity index is 505. The van der Waals surface area contributed by atoms with Crippen LogP contribution in [-0.4, -0.2) is 29.3 Å². The zero-order valence-corrected chi connectivity index (χ0v) is 9.51. The molecule has 0 saturated carbocycles. The van der Waals surface area contributed by atoms with E-state index in [4.69, 9.17) is 5.26 Å². The van der Waals surface area contributed by atoms with Gasteiger partial charge in [-0.25, -0.2) is 0 Å². The number of nitrogens with zero attached hydrogens (tertiary/aromatic N) is 3. The fourth-order valence-corrected chi connectivity index (χ4v) is 1.46. The molecule has 1 aromatic rings. The zero-order chi connectivity index (χ0) is 13.0. The van der Waals surface area contributed by atoms with Crippen LogP contribution in [0.15, 0.2) is 18.2 Å². The molecule has 0 heterocycles. The number of aryl methyl sites for hydroxylation is 1. The lowest BCUT2D eigenvalue weighted by molar-refractivity contribution is -0.385. The lowest BCUT2D eigenvalue weighted by Gasteiger charge is -2.13. The number of hydrogen-bond acceptors (Lipinski definition) is 4. The van der Waals surface area contributed by atoms with E-state index in [0.717, 1.165) is 4.90 Å². The highest BCUT2D eigenvalue weighted by atomic mass is 16.6. The van der Waals surface area contributed by atoms with Crippen molar-refractivity contribution in [3.63, 3.8) is 0 Å². The number of nitriles is 1. The van der Waals surface area contributed by atoms with Crippen LogP contribution < -0.4 is 0 Å². The van der Waals surface area contributed by atoms with Gasteiger partial charge in [0.05, 0.1) is 11.0 Å². The Labute approximate surface area is 98.2 Å². The van der Waals surface area contributed by atoms with Crippen molar-refractivity contribution in [1.29, 1.82) is 5.26 Å². The van der Waals surface area contributed by atoms with Crippen molar-refractivity contribution in [1.82, 2.24) is 4.90 Å². The first kappa shape index (κ1) is 12.6. The van der Waals surface area contributed by atoms with Gasteiger partial charge >= 0.3 is 0 Å². The van der Waals surface area contributed by atoms with E-state index < -0.39 is 10.8 Å². The molecule has 1 rings (SSSR count). The topological polar surface area (TPSA) is 87.2 Å². The van der Waals surface area contributed by atoms with Crippen molar-refractivity contribution < 1.29 is 9.72 Å². The number of carbonyl (C=O) groups is 1. The summed E-state index contributed by atoms with van der Waals surface area (Å²) >= 11 is 0. The highest BCUT2D eigenvalue weighted by molar-refractivity contribution is 5.98. The van der Waals surface area contributed by atoms with Gasteiger partial charge in [0.15, 0.2) is 0 Å². The van der Waals surface area contributed by atoms with Crippen LogP contribution in [0.5, 0.6) is 0 Å². The average molecular weight is 233 g/mol. The lowest BCUT2D eigenvalue weighted by atomic mass is 10.1. The van der Waals surface area contributed by atoms with E-state index in [1.54, 1.807) is 19.1 Å². The summed E-state index contributed by atoms with van der Waals surface area (Å²) in [5.74, 6) is -0.526. The summed E-state index contributed by atoms with van der Waals surface area (Å²) in [6.45, 7) is 1.46. The van der Waals surface area contributed by atoms with Crippen molar-refractivity contribution in [2.45, 2.75) is 6.92 Å². The second kappa shape index (κ2) is 5.07. The van der Waals surface area contributed by atoms with Crippen LogP contribution in [0.2, 0.25) is 0 Å². The number of amides is 1. The third-order valence-corrected chi connectivity index (χ3v) is 2.31. The third kappa shape index (κ3) is 2.58. The zero-order valence-electron chi connectivity index (χ0n) is 9.51. The summed E-state index contributed by atoms with van der Waals surface area (Å²) in [4.78, 5) is 23.3. The second-order valence-corrected chi connectivity index (χ2v) is 3.55. The molecule has 6 heteroatoms. The largest absolute Gasteiger partial charge is 0.328 e. The van der Waals surface area contributed by atoms with Crippen LogP contribution in [-0.2, 0) is 0 Å². The van der Waals surface area contributed by atoms with Gasteiger partial charge in [-0.1, -0.05) is 12.1 Å². The highest BCUT2D eigenvalue weighted by Gasteiger charge is 2.24. The quantitative estimate of drug-likeness (QED) is 0.449. The van der Waals surface area contributed by atoms with Gasteiger partial charge in [-0.15, -0.1) is 0 Å². The Morgan fingerprint density at radius 1 is 1.59 bits per heavy atom. The highest BCUT2D eigenvalue weighted by Crippen LogP contribution is 2.23. The van der Waals surface area contributed by atoms with E-state index in [1.165, 1.54) is 13.1 Å². The molecule has 88 valence electrons. The molecule has 1 amide bonds. The first-order valence-corrected chi connectivity index (χ1v) is 4.85. The standard InChI is InChI=1S/C11H11N3O3/c1-8-4-3-5-9(10(8)14(16)17)11(15)13(2)7-6-12/h3-5H,7H2,1-2H3. The molecule has 17 heavy (non-hydrogen) atoms. The summed E-state index contributed by atoms with van der Waals surface area (Å²) in [6, 6.07) is 6.35. The van der Waals surface area contributed by atoms with E-state index in [2.05, 4.69) is 0 Å². The van der Waals surface area contributed by atoms with Crippen LogP contribution in [0.3, 0.4) is 0 Å². The van der Waals surface area contributed by atoms with E-state index in [1.807, 2.05) is 6.07 Å². The van der Waals surface area contributed by atoms with Gasteiger partial charge in [-0.2, -0.15) is 5.26 Å². The molecule has 0 aromatic heterocycles. The predicted molar refractivity (Wildman–Crippen MR) is 60.4 cm³/mol. The van der Waals surface area contributed by atoms with E-state index >= 15 is 0 Å². The minimum absolute atomic E-state index is 0.00718. The van der Waals surface area contributed by atoms with Crippen LogP contribution in [0.1, 0.15) is 15.9 Å². The third-order valence-electron chi connectivity index (χ3n) is 2.31. The Morgan fingerprint density at radius 2 is 2.24 bits per heavy atom. The number of hydrogen-bond donors (Lipinski definition) is 0. The van der Waals surface area contributed by atoms with E-state index in [9.17, 15) is 14.9 Å². The molecule has 0 aliphatic carbocycles. The molecule has 0 atom stereocenters. The fraction of sp³-hybridized carbons (Fsp3) is 0.273. The average Bonchev–Trinajstić information content (AvgIpc) is 2.27. The summed E-state index contributed by atoms with van der Waals surface area (Å²) < 4.78 is 0. The Kier molecular flexibility index (Phi) is 3.78. The molecule has 6 nitrogen and oxygen atoms in total. The number of carbonyl (C=O) groups excluding carboxylic acids is 1. The van der Waals surface area contributed by atoms with Gasteiger partial charge in [0.25, 0.3) is 11.6 Å². The second-order valence-electron chi connectivity index (χ2n) is 3.55. The SMILES string of the molecule is Cc1cccc(C(=O)N(C)CC#N)c1[N+](=O)[O-]. The van der Waals surface area contributed by atoms with E-state index in [0.29, 0.717) is 5.56 Å². The van der Waals surface area contributed by atoms with Gasteiger partial charge in [0, 0.05) is 12.6 Å². The van der Waals surface area contributed by atoms with Gasteiger partial charge in [-0.05, 0) is 13.0 Å². The summed E-state index contributed by atoms with van der Waals surface area (Å²) in [5.41, 5.74) is 0.223. The normalized spacial score (nSPS) is 9.47. The number of nitro benzene ring substituents is 1. The number of nitro groups is 1. The maximum atomic E-state index is 11.9. The molecule has 0 N–H and O–H groups in total. The lowest BCUT2D eigenvalue weighted by Crippen LogP contribution is -2.27. The minimum atomic E-state index is -0.581. The molecule has 0 saturated heterocycles. The maximum Gasteiger partial charge on any atom is 0.285 e. The summed E-state index contributed by atoms with van der Waals surface area (Å²) in [7, 11) is 1.43. The Balaban J connectivity index is 3.23. The number of benzene rings is 1. The maximum absolute atomic E-state index is 11.9. The Morgan fingerprint density at radius 3 is 2.76 bits per heavy atom. The van der Waals surface area contributed by atoms with Gasteiger partial charge < -0.3 is 4.90 Å². The molecule has 0 fully saturated rings. The molecular weight excluding hydrogens is 222 g/mol. The molecule has 0 radical (unpaired) electrons. The molecule has 0 bridgehead atoms. The summed E-state index contributed by atoms with van der Waals surface area (Å²) in [6.07, 6.45) is 0. The van der Waals surface area contributed by atoms with Crippen LogP contribution in [0.4, 0.5) is 5.69 Å². The molecule has 0 unspecified atom stereocenters. The molecule has 0 aliphatic heterocycles. The van der Waals surface area contributed by atoms with Gasteiger partial charge in [-0.3, -0.25) is 14.9 Å². The van der Waals surface area contributed by atoms with Crippen LogP contribution >= 0.6 is 0 Å². The summed E-state index contributed by atoms with van der Waals surface area (Å²) in [5, 5.41) is 19.4. The van der Waals surface area contributed by atoms with Crippen molar-refractivity contribution in [2.24, 2.45) is 0 Å². The fourth-order valence-electron chi connectivity index (χ4n) is 1.46. The van der Waals surface area contributed by atoms with E-state index in [-0.39, 0.29) is 17.8 Å². The van der Waals surface area contributed by atoms with Crippen LogP contribution in [0.25, 0.3) is 0 Å².